The van der Waals surface area contributed by atoms with E-state index >= 15 is 0 Å². The molecule has 1 aliphatic heterocycles. The van der Waals surface area contributed by atoms with E-state index in [9.17, 15) is 9.59 Å². The van der Waals surface area contributed by atoms with E-state index in [-0.39, 0.29) is 17.2 Å². The van der Waals surface area contributed by atoms with Gasteiger partial charge in [-0.25, -0.2) is 9.78 Å². The maximum Gasteiger partial charge on any atom is 0.345 e. The molecule has 7 heteroatoms. The Balaban J connectivity index is 2.21. The predicted octanol–water partition coefficient (Wildman–Crippen LogP) is 2.13. The van der Waals surface area contributed by atoms with Crippen molar-refractivity contribution in [3.8, 4) is 0 Å². The number of rotatable bonds is 5. The second-order valence-corrected chi connectivity index (χ2v) is 6.60. The number of ether oxygens (including phenoxy) is 2. The summed E-state index contributed by atoms with van der Waals surface area (Å²) >= 11 is 1.54. The molecule has 0 spiro atoms. The first-order chi connectivity index (χ1) is 10.5. The van der Waals surface area contributed by atoms with Gasteiger partial charge in [0.2, 0.25) is 0 Å². The molecule has 0 amide bonds. The molecule has 0 N–H and O–H groups in total. The fourth-order valence-corrected chi connectivity index (χ4v) is 3.60. The molecule has 1 fully saturated rings. The van der Waals surface area contributed by atoms with Crippen LogP contribution in [0.5, 0.6) is 0 Å². The van der Waals surface area contributed by atoms with Gasteiger partial charge in [0.05, 0.1) is 19.9 Å². The fraction of sp³-hybridized carbons (Fsp3) is 0.667. The van der Waals surface area contributed by atoms with Gasteiger partial charge >= 0.3 is 5.97 Å². The van der Waals surface area contributed by atoms with Crippen molar-refractivity contribution in [2.24, 2.45) is 5.92 Å². The first-order valence-electron chi connectivity index (χ1n) is 7.45. The fourth-order valence-electron chi connectivity index (χ4n) is 2.40. The number of thioether (sulfide) groups is 1. The molecule has 1 aromatic rings. The summed E-state index contributed by atoms with van der Waals surface area (Å²) in [6.45, 7) is 5.40. The molecule has 2 rings (SSSR count). The zero-order chi connectivity index (χ0) is 16.1. The molecule has 1 saturated heterocycles. The van der Waals surface area contributed by atoms with Gasteiger partial charge < -0.3 is 9.47 Å². The van der Waals surface area contributed by atoms with Crippen LogP contribution in [-0.2, 0) is 9.47 Å². The summed E-state index contributed by atoms with van der Waals surface area (Å²) in [5, 5.41) is 0.637. The monoisotopic (exact) mass is 326 g/mol. The normalized spacial score (nSPS) is 18.5. The Kier molecular flexibility index (Phi) is 6.02. The number of aromatic nitrogens is 2. The SMILES string of the molecule is COC(=O)c1cnc(SCC2CCCOC2)n(C(C)C)c1=O. The third-order valence-electron chi connectivity index (χ3n) is 3.58. The molecule has 1 aliphatic rings. The number of esters is 1. The molecule has 0 aliphatic carbocycles. The lowest BCUT2D eigenvalue weighted by Gasteiger charge is -2.22. The van der Waals surface area contributed by atoms with Gasteiger partial charge in [-0.2, -0.15) is 0 Å². The predicted molar refractivity (Wildman–Crippen MR) is 84.5 cm³/mol. The van der Waals surface area contributed by atoms with Gasteiger partial charge in [-0.15, -0.1) is 0 Å². The van der Waals surface area contributed by atoms with Crippen molar-refractivity contribution >= 4 is 17.7 Å². The molecule has 1 atom stereocenters. The quantitative estimate of drug-likeness (QED) is 0.469. The van der Waals surface area contributed by atoms with Crippen LogP contribution in [0.1, 0.15) is 43.1 Å². The Labute approximate surface area is 134 Å². The van der Waals surface area contributed by atoms with E-state index in [4.69, 9.17) is 4.74 Å². The topological polar surface area (TPSA) is 70.4 Å². The number of hydrogen-bond donors (Lipinski definition) is 0. The highest BCUT2D eigenvalue weighted by Crippen LogP contribution is 2.24. The van der Waals surface area contributed by atoms with Crippen LogP contribution in [0.4, 0.5) is 0 Å². The van der Waals surface area contributed by atoms with Crippen LogP contribution < -0.4 is 5.56 Å². The Morgan fingerprint density at radius 2 is 2.36 bits per heavy atom. The molecule has 1 unspecified atom stereocenters. The average molecular weight is 326 g/mol. The van der Waals surface area contributed by atoms with E-state index in [1.165, 1.54) is 13.3 Å². The lowest BCUT2D eigenvalue weighted by molar-refractivity contribution is 0.0596. The van der Waals surface area contributed by atoms with Gasteiger partial charge in [-0.1, -0.05) is 11.8 Å². The summed E-state index contributed by atoms with van der Waals surface area (Å²) in [5.74, 6) is 0.692. The lowest BCUT2D eigenvalue weighted by atomic mass is 10.1. The minimum atomic E-state index is -0.649. The van der Waals surface area contributed by atoms with E-state index in [2.05, 4.69) is 9.72 Å². The van der Waals surface area contributed by atoms with Crippen molar-refractivity contribution < 1.29 is 14.3 Å². The van der Waals surface area contributed by atoms with Crippen LogP contribution in [0.15, 0.2) is 16.1 Å². The first kappa shape index (κ1) is 17.0. The van der Waals surface area contributed by atoms with Gasteiger partial charge in [0.25, 0.3) is 5.56 Å². The molecule has 22 heavy (non-hydrogen) atoms. The van der Waals surface area contributed by atoms with E-state index in [1.54, 1.807) is 16.3 Å². The van der Waals surface area contributed by atoms with Gasteiger partial charge in [0.15, 0.2) is 5.16 Å². The Morgan fingerprint density at radius 3 is 2.95 bits per heavy atom. The van der Waals surface area contributed by atoms with Crippen molar-refractivity contribution in [2.75, 3.05) is 26.1 Å². The van der Waals surface area contributed by atoms with Crippen LogP contribution in [-0.4, -0.2) is 41.6 Å². The summed E-state index contributed by atoms with van der Waals surface area (Å²) < 4.78 is 11.7. The molecule has 1 aromatic heterocycles. The number of hydrogen-bond acceptors (Lipinski definition) is 6. The average Bonchev–Trinajstić information content (AvgIpc) is 2.52. The molecular weight excluding hydrogens is 304 g/mol. The van der Waals surface area contributed by atoms with Crippen molar-refractivity contribution in [3.05, 3.63) is 22.1 Å². The molecule has 0 aromatic carbocycles. The largest absolute Gasteiger partial charge is 0.465 e. The second-order valence-electron chi connectivity index (χ2n) is 5.61. The summed E-state index contributed by atoms with van der Waals surface area (Å²) in [6, 6.07) is -0.0743. The Hall–Kier alpha value is -1.34. The van der Waals surface area contributed by atoms with E-state index in [1.807, 2.05) is 13.8 Å². The van der Waals surface area contributed by atoms with Crippen LogP contribution in [0.25, 0.3) is 0 Å². The van der Waals surface area contributed by atoms with Crippen LogP contribution >= 0.6 is 11.8 Å². The Bertz CT molecular complexity index is 579. The molecule has 6 nitrogen and oxygen atoms in total. The van der Waals surface area contributed by atoms with E-state index < -0.39 is 5.97 Å². The first-order valence-corrected chi connectivity index (χ1v) is 8.43. The number of methoxy groups -OCH3 is 1. The summed E-state index contributed by atoms with van der Waals surface area (Å²) in [7, 11) is 1.26. The van der Waals surface area contributed by atoms with E-state index in [0.29, 0.717) is 11.1 Å². The highest BCUT2D eigenvalue weighted by molar-refractivity contribution is 7.99. The van der Waals surface area contributed by atoms with Crippen LogP contribution in [0, 0.1) is 5.92 Å². The number of carbonyl (C=O) groups excluding carboxylic acids is 1. The highest BCUT2D eigenvalue weighted by atomic mass is 32.2. The van der Waals surface area contributed by atoms with Crippen molar-refractivity contribution in [1.82, 2.24) is 9.55 Å². The summed E-state index contributed by atoms with van der Waals surface area (Å²) in [6.07, 6.45) is 3.53. The minimum Gasteiger partial charge on any atom is -0.465 e. The minimum absolute atomic E-state index is 0.0263. The Morgan fingerprint density at radius 1 is 1.59 bits per heavy atom. The lowest BCUT2D eigenvalue weighted by Crippen LogP contribution is -2.30. The van der Waals surface area contributed by atoms with Crippen molar-refractivity contribution in [1.29, 1.82) is 0 Å². The molecule has 0 saturated carbocycles. The number of carbonyl (C=O) groups is 1. The zero-order valence-electron chi connectivity index (χ0n) is 13.2. The molecular formula is C15H22N2O4S. The third-order valence-corrected chi connectivity index (χ3v) is 4.78. The molecule has 122 valence electrons. The van der Waals surface area contributed by atoms with Gasteiger partial charge in [0, 0.05) is 18.4 Å². The number of nitrogens with zero attached hydrogens (tertiary/aromatic N) is 2. The smallest absolute Gasteiger partial charge is 0.345 e. The molecule has 0 radical (unpaired) electrons. The van der Waals surface area contributed by atoms with Gasteiger partial charge in [-0.05, 0) is 32.6 Å². The highest BCUT2D eigenvalue weighted by Gasteiger charge is 2.20. The van der Waals surface area contributed by atoms with Crippen molar-refractivity contribution in [3.63, 3.8) is 0 Å². The van der Waals surface area contributed by atoms with Crippen LogP contribution in [0.3, 0.4) is 0 Å². The summed E-state index contributed by atoms with van der Waals surface area (Å²) in [5.41, 5.74) is -0.374. The molecule has 0 bridgehead atoms. The van der Waals surface area contributed by atoms with Gasteiger partial charge in [-0.3, -0.25) is 9.36 Å². The van der Waals surface area contributed by atoms with E-state index in [0.717, 1.165) is 31.8 Å². The zero-order valence-corrected chi connectivity index (χ0v) is 14.0. The maximum atomic E-state index is 12.5. The van der Waals surface area contributed by atoms with Crippen molar-refractivity contribution in [2.45, 2.75) is 37.9 Å². The maximum absolute atomic E-state index is 12.5. The van der Waals surface area contributed by atoms with Crippen LogP contribution in [0.2, 0.25) is 0 Å². The molecule has 2 heterocycles. The standard InChI is InChI=1S/C15H22N2O4S/c1-10(2)17-13(18)12(14(19)20-3)7-16-15(17)22-9-11-5-4-6-21-8-11/h7,10-11H,4-6,8-9H2,1-3H3. The van der Waals surface area contributed by atoms with Gasteiger partial charge in [0.1, 0.15) is 5.56 Å². The summed E-state index contributed by atoms with van der Waals surface area (Å²) in [4.78, 5) is 28.4. The third kappa shape index (κ3) is 3.89. The second kappa shape index (κ2) is 7.78.